The van der Waals surface area contributed by atoms with Crippen LogP contribution in [0, 0.1) is 0 Å². The molecule has 8 nitrogen and oxygen atoms in total. The fourth-order valence-electron chi connectivity index (χ4n) is 2.27. The molecule has 0 bridgehead atoms. The van der Waals surface area contributed by atoms with Crippen LogP contribution in [0.25, 0.3) is 0 Å². The number of hydrogen-bond donors (Lipinski definition) is 2. The van der Waals surface area contributed by atoms with Gasteiger partial charge in [-0.05, 0) is 38.1 Å². The Labute approximate surface area is 175 Å². The number of rotatable bonds is 9. The highest BCUT2D eigenvalue weighted by Crippen LogP contribution is 2.23. The number of nitrogens with two attached hydrogens (primary N) is 1. The van der Waals surface area contributed by atoms with Gasteiger partial charge in [-0.2, -0.15) is 0 Å². The Morgan fingerprint density at radius 2 is 1.43 bits per heavy atom. The molecule has 8 heteroatoms. The van der Waals surface area contributed by atoms with Crippen molar-refractivity contribution in [1.29, 1.82) is 0 Å². The number of amides is 1. The number of hydrogen-bond acceptors (Lipinski definition) is 7. The van der Waals surface area contributed by atoms with Crippen LogP contribution in [0.15, 0.2) is 48.5 Å². The van der Waals surface area contributed by atoms with Crippen LogP contribution < -0.4 is 20.5 Å². The second kappa shape index (κ2) is 12.7. The molecule has 0 aliphatic heterocycles. The van der Waals surface area contributed by atoms with Gasteiger partial charge in [-0.25, -0.2) is 0 Å². The third-order valence-corrected chi connectivity index (χ3v) is 3.54. The summed E-state index contributed by atoms with van der Waals surface area (Å²) in [6, 6.07) is 14.0. The molecule has 0 saturated carbocycles. The van der Waals surface area contributed by atoms with Gasteiger partial charge in [0.1, 0.15) is 29.7 Å². The molecule has 0 unspecified atom stereocenters. The largest absolute Gasteiger partial charge is 0.495 e. The molecule has 0 saturated heterocycles. The quantitative estimate of drug-likeness (QED) is 0.477. The summed E-state index contributed by atoms with van der Waals surface area (Å²) in [7, 11) is 1.52. The van der Waals surface area contributed by atoms with Crippen LogP contribution in [0.5, 0.6) is 11.5 Å². The Bertz CT molecular complexity index is 895. The lowest BCUT2D eigenvalue weighted by molar-refractivity contribution is -0.127. The summed E-state index contributed by atoms with van der Waals surface area (Å²) < 4.78 is 10.2. The van der Waals surface area contributed by atoms with Gasteiger partial charge >= 0.3 is 0 Å². The summed E-state index contributed by atoms with van der Waals surface area (Å²) in [4.78, 5) is 43.8. The van der Waals surface area contributed by atoms with Gasteiger partial charge in [0.2, 0.25) is 5.91 Å². The van der Waals surface area contributed by atoms with E-state index in [-0.39, 0.29) is 42.7 Å². The Morgan fingerprint density at radius 1 is 0.867 bits per heavy atom. The molecule has 0 radical (unpaired) electrons. The average Bonchev–Trinajstić information content (AvgIpc) is 2.67. The van der Waals surface area contributed by atoms with Crippen LogP contribution in [0.4, 0.5) is 11.4 Å². The van der Waals surface area contributed by atoms with Crippen molar-refractivity contribution in [3.63, 3.8) is 0 Å². The molecule has 0 spiro atoms. The van der Waals surface area contributed by atoms with Crippen molar-refractivity contribution in [2.24, 2.45) is 0 Å². The van der Waals surface area contributed by atoms with Crippen molar-refractivity contribution < 1.29 is 28.7 Å². The Kier molecular flexibility index (Phi) is 10.3. The topological polar surface area (TPSA) is 125 Å². The molecule has 160 valence electrons. The smallest absolute Gasteiger partial charge is 0.231 e. The monoisotopic (exact) mass is 414 g/mol. The van der Waals surface area contributed by atoms with E-state index in [1.54, 1.807) is 48.5 Å². The lowest BCUT2D eigenvalue weighted by Gasteiger charge is -2.08. The molecule has 0 fully saturated rings. The zero-order chi connectivity index (χ0) is 22.5. The van der Waals surface area contributed by atoms with E-state index >= 15 is 0 Å². The number of nitrogen functional groups attached to an aromatic ring is 1. The molecule has 0 aliphatic rings. The zero-order valence-corrected chi connectivity index (χ0v) is 17.3. The number of methoxy groups -OCH3 is 1. The summed E-state index contributed by atoms with van der Waals surface area (Å²) in [6.07, 6.45) is -0.204. The van der Waals surface area contributed by atoms with Crippen LogP contribution in [-0.2, 0) is 19.2 Å². The number of ether oxygens (including phenoxy) is 2. The Morgan fingerprint density at radius 3 is 2.00 bits per heavy atom. The molecule has 1 amide bonds. The number of anilines is 2. The molecule has 0 heterocycles. The van der Waals surface area contributed by atoms with Gasteiger partial charge in [0.05, 0.1) is 31.3 Å². The minimum atomic E-state index is -0.327. The average molecular weight is 414 g/mol. The first-order valence-electron chi connectivity index (χ1n) is 9.13. The van der Waals surface area contributed by atoms with Gasteiger partial charge < -0.3 is 20.5 Å². The van der Waals surface area contributed by atoms with Crippen molar-refractivity contribution in [2.75, 3.05) is 24.8 Å². The molecular formula is C22H26N2O6. The first-order chi connectivity index (χ1) is 14.2. The van der Waals surface area contributed by atoms with Crippen molar-refractivity contribution in [3.05, 3.63) is 48.5 Å². The lowest BCUT2D eigenvalue weighted by Crippen LogP contribution is -2.15. The highest BCUT2D eigenvalue weighted by atomic mass is 16.5. The fraction of sp³-hybridized carbons (Fsp3) is 0.273. The highest BCUT2D eigenvalue weighted by Gasteiger charge is 2.08. The zero-order valence-electron chi connectivity index (χ0n) is 17.3. The minimum absolute atomic E-state index is 0.0905. The van der Waals surface area contributed by atoms with Crippen molar-refractivity contribution in [3.8, 4) is 11.5 Å². The van der Waals surface area contributed by atoms with E-state index in [0.717, 1.165) is 0 Å². The predicted molar refractivity (Wildman–Crippen MR) is 114 cm³/mol. The second-order valence-corrected chi connectivity index (χ2v) is 6.37. The van der Waals surface area contributed by atoms with Gasteiger partial charge in [0.25, 0.3) is 0 Å². The Hall–Kier alpha value is -3.68. The van der Waals surface area contributed by atoms with Crippen molar-refractivity contribution in [2.45, 2.75) is 26.7 Å². The maximum Gasteiger partial charge on any atom is 0.231 e. The van der Waals surface area contributed by atoms with Crippen LogP contribution in [0.1, 0.15) is 26.7 Å². The van der Waals surface area contributed by atoms with Gasteiger partial charge in [-0.1, -0.05) is 24.3 Å². The minimum Gasteiger partial charge on any atom is -0.495 e. The second-order valence-electron chi connectivity index (χ2n) is 6.37. The lowest BCUT2D eigenvalue weighted by atomic mass is 10.2. The summed E-state index contributed by atoms with van der Waals surface area (Å²) in [5.41, 5.74) is 6.66. The highest BCUT2D eigenvalue weighted by molar-refractivity contribution is 6.04. The Balaban J connectivity index is 0.000000300. The van der Waals surface area contributed by atoms with Gasteiger partial charge in [0, 0.05) is 0 Å². The van der Waals surface area contributed by atoms with E-state index in [1.165, 1.54) is 21.0 Å². The fourth-order valence-corrected chi connectivity index (χ4v) is 2.27. The van der Waals surface area contributed by atoms with Gasteiger partial charge in [-0.3, -0.25) is 19.2 Å². The maximum absolute atomic E-state index is 11.3. The van der Waals surface area contributed by atoms with Crippen molar-refractivity contribution in [1.82, 2.24) is 0 Å². The number of carbonyl (C=O) groups is 4. The molecule has 2 rings (SSSR count). The molecule has 2 aromatic carbocycles. The van der Waals surface area contributed by atoms with Gasteiger partial charge in [0.15, 0.2) is 5.78 Å². The van der Waals surface area contributed by atoms with E-state index in [9.17, 15) is 19.2 Å². The summed E-state index contributed by atoms with van der Waals surface area (Å²) >= 11 is 0. The summed E-state index contributed by atoms with van der Waals surface area (Å²) in [5, 5.41) is 2.61. The molecule has 0 aliphatic carbocycles. The number of benzene rings is 2. The van der Waals surface area contributed by atoms with Crippen LogP contribution in [0.3, 0.4) is 0 Å². The van der Waals surface area contributed by atoms with E-state index in [2.05, 4.69) is 5.32 Å². The van der Waals surface area contributed by atoms with E-state index in [4.69, 9.17) is 15.2 Å². The molecular weight excluding hydrogens is 388 g/mol. The third kappa shape index (κ3) is 9.50. The standard InChI is InChI=1S/2C11H13NO3/c1-8(13)7-11(14)12-9-5-3-4-6-10(9)15-2;1-8(13)6-9(14)7-15-11-5-3-2-4-10(11)12/h3-6H,7H2,1-2H3,(H,12,14);2-5H,6-7,12H2,1H3. The maximum atomic E-state index is 11.3. The predicted octanol–water partition coefficient (Wildman–Crippen LogP) is 2.81. The van der Waals surface area contributed by atoms with Crippen LogP contribution in [0.2, 0.25) is 0 Å². The molecule has 2 aromatic rings. The van der Waals surface area contributed by atoms with E-state index in [1.807, 2.05) is 0 Å². The van der Waals surface area contributed by atoms with Crippen LogP contribution in [-0.4, -0.2) is 37.0 Å². The van der Waals surface area contributed by atoms with Crippen LogP contribution >= 0.6 is 0 Å². The van der Waals surface area contributed by atoms with Gasteiger partial charge in [-0.15, -0.1) is 0 Å². The number of ketones is 3. The first kappa shape index (κ1) is 24.4. The molecule has 30 heavy (non-hydrogen) atoms. The number of carbonyl (C=O) groups excluding carboxylic acids is 4. The van der Waals surface area contributed by atoms with Crippen molar-refractivity contribution >= 4 is 34.6 Å². The molecule has 0 aromatic heterocycles. The number of Topliss-reactive ketones (excluding diaryl/α,β-unsaturated/α-hetero) is 3. The number of nitrogens with one attached hydrogen (secondary N) is 1. The normalized spacial score (nSPS) is 9.57. The van der Waals surface area contributed by atoms with E-state index in [0.29, 0.717) is 22.9 Å². The molecule has 0 atom stereocenters. The SMILES string of the molecule is CC(=O)CC(=O)COc1ccccc1N.COc1ccccc1NC(=O)CC(C)=O. The summed E-state index contributed by atoms with van der Waals surface area (Å²) in [5.74, 6) is 0.147. The van der Waals surface area contributed by atoms with E-state index < -0.39 is 0 Å². The third-order valence-electron chi connectivity index (χ3n) is 3.54. The summed E-state index contributed by atoms with van der Waals surface area (Å²) in [6.45, 7) is 2.63. The first-order valence-corrected chi connectivity index (χ1v) is 9.13. The molecule has 3 N–H and O–H groups in total. The number of para-hydroxylation sites is 4.